The van der Waals surface area contributed by atoms with E-state index in [1.807, 2.05) is 12.1 Å². The molecule has 0 radical (unpaired) electrons. The Morgan fingerprint density at radius 1 is 0.556 bits per heavy atom. The van der Waals surface area contributed by atoms with Gasteiger partial charge in [-0.2, -0.15) is 0 Å². The minimum atomic E-state index is 0.548. The van der Waals surface area contributed by atoms with Gasteiger partial charge in [0.25, 0.3) is 0 Å². The van der Waals surface area contributed by atoms with Crippen LogP contribution in [-0.2, 0) is 6.54 Å². The number of anilines is 3. The molecule has 2 nitrogen and oxygen atoms in total. The molecular formula is C25H22N2. The van der Waals surface area contributed by atoms with Crippen molar-refractivity contribution < 1.29 is 0 Å². The first-order valence-electron chi connectivity index (χ1n) is 9.15. The third-order valence-electron chi connectivity index (χ3n) is 4.67. The van der Waals surface area contributed by atoms with Crippen LogP contribution in [-0.4, -0.2) is 0 Å². The Labute approximate surface area is 160 Å². The molecule has 0 bridgehead atoms. The fourth-order valence-corrected chi connectivity index (χ4v) is 3.32. The number of nitrogens with zero attached hydrogens (tertiary/aromatic N) is 1. The summed E-state index contributed by atoms with van der Waals surface area (Å²) >= 11 is 0. The van der Waals surface area contributed by atoms with Crippen LogP contribution >= 0.6 is 0 Å². The summed E-state index contributed by atoms with van der Waals surface area (Å²) in [5.74, 6) is 0. The van der Waals surface area contributed by atoms with Crippen LogP contribution in [0, 0.1) is 0 Å². The molecule has 0 heterocycles. The molecule has 0 aliphatic carbocycles. The van der Waals surface area contributed by atoms with E-state index in [0.29, 0.717) is 6.54 Å². The summed E-state index contributed by atoms with van der Waals surface area (Å²) in [7, 11) is 0. The standard InChI is InChI=1S/C25H22N2/c26-19-20-15-17-23(18-16-20)27(22-11-5-2-6-12-22)25-14-8-7-13-24(25)21-9-3-1-4-10-21/h1-18H,19,26H2. The summed E-state index contributed by atoms with van der Waals surface area (Å²) in [4.78, 5) is 2.29. The largest absolute Gasteiger partial charge is 0.326 e. The molecule has 0 amide bonds. The third-order valence-corrected chi connectivity index (χ3v) is 4.67. The second kappa shape index (κ2) is 7.90. The minimum absolute atomic E-state index is 0.548. The van der Waals surface area contributed by atoms with Gasteiger partial charge in [0.15, 0.2) is 0 Å². The maximum atomic E-state index is 5.78. The first-order chi connectivity index (χ1) is 13.4. The summed E-state index contributed by atoms with van der Waals surface area (Å²) in [5, 5.41) is 0. The van der Waals surface area contributed by atoms with Gasteiger partial charge in [-0.1, -0.05) is 78.9 Å². The maximum absolute atomic E-state index is 5.78. The Morgan fingerprint density at radius 2 is 1.11 bits per heavy atom. The smallest absolute Gasteiger partial charge is 0.0540 e. The van der Waals surface area contributed by atoms with Crippen molar-refractivity contribution >= 4 is 17.1 Å². The summed E-state index contributed by atoms with van der Waals surface area (Å²) in [6, 6.07) is 38.0. The van der Waals surface area contributed by atoms with E-state index < -0.39 is 0 Å². The van der Waals surface area contributed by atoms with Crippen molar-refractivity contribution in [3.8, 4) is 11.1 Å². The quantitative estimate of drug-likeness (QED) is 0.459. The van der Waals surface area contributed by atoms with Crippen molar-refractivity contribution in [2.24, 2.45) is 5.73 Å². The van der Waals surface area contributed by atoms with Gasteiger partial charge in [0.2, 0.25) is 0 Å². The van der Waals surface area contributed by atoms with E-state index in [-0.39, 0.29) is 0 Å². The van der Waals surface area contributed by atoms with Crippen LogP contribution in [0.2, 0.25) is 0 Å². The topological polar surface area (TPSA) is 29.3 Å². The molecule has 0 aliphatic heterocycles. The van der Waals surface area contributed by atoms with Gasteiger partial charge in [-0.3, -0.25) is 0 Å². The first-order valence-corrected chi connectivity index (χ1v) is 9.15. The molecule has 4 rings (SSSR count). The summed E-state index contributed by atoms with van der Waals surface area (Å²) in [6.07, 6.45) is 0. The number of hydrogen-bond donors (Lipinski definition) is 1. The highest BCUT2D eigenvalue weighted by Gasteiger charge is 2.16. The Kier molecular flexibility index (Phi) is 4.99. The Bertz CT molecular complexity index is 993. The lowest BCUT2D eigenvalue weighted by Crippen LogP contribution is -2.11. The molecule has 2 heteroatoms. The zero-order valence-corrected chi connectivity index (χ0v) is 15.1. The van der Waals surface area contributed by atoms with Crippen molar-refractivity contribution in [1.82, 2.24) is 0 Å². The van der Waals surface area contributed by atoms with Crippen LogP contribution in [0.25, 0.3) is 11.1 Å². The van der Waals surface area contributed by atoms with Gasteiger partial charge in [0.05, 0.1) is 5.69 Å². The van der Waals surface area contributed by atoms with Crippen LogP contribution < -0.4 is 10.6 Å². The number of para-hydroxylation sites is 2. The number of rotatable bonds is 5. The molecule has 0 fully saturated rings. The number of hydrogen-bond acceptors (Lipinski definition) is 2. The van der Waals surface area contributed by atoms with Gasteiger partial charge in [-0.15, -0.1) is 0 Å². The van der Waals surface area contributed by atoms with E-state index in [9.17, 15) is 0 Å². The molecule has 4 aromatic rings. The normalized spacial score (nSPS) is 10.6. The molecule has 2 N–H and O–H groups in total. The van der Waals surface area contributed by atoms with Gasteiger partial charge in [0, 0.05) is 23.5 Å². The van der Waals surface area contributed by atoms with E-state index in [2.05, 4.69) is 102 Å². The van der Waals surface area contributed by atoms with E-state index >= 15 is 0 Å². The molecule has 0 spiro atoms. The molecule has 0 unspecified atom stereocenters. The molecule has 0 atom stereocenters. The predicted molar refractivity (Wildman–Crippen MR) is 114 cm³/mol. The monoisotopic (exact) mass is 350 g/mol. The first kappa shape index (κ1) is 17.1. The second-order valence-electron chi connectivity index (χ2n) is 6.42. The zero-order valence-electron chi connectivity index (χ0n) is 15.1. The second-order valence-corrected chi connectivity index (χ2v) is 6.42. The van der Waals surface area contributed by atoms with E-state index in [1.165, 1.54) is 11.1 Å². The zero-order chi connectivity index (χ0) is 18.5. The molecule has 0 aliphatic rings. The van der Waals surface area contributed by atoms with Crippen LogP contribution in [0.1, 0.15) is 5.56 Å². The lowest BCUT2D eigenvalue weighted by molar-refractivity contribution is 1.07. The molecule has 0 saturated carbocycles. The molecule has 4 aromatic carbocycles. The lowest BCUT2D eigenvalue weighted by atomic mass is 10.0. The highest BCUT2D eigenvalue weighted by molar-refractivity contribution is 5.87. The van der Waals surface area contributed by atoms with Crippen LogP contribution in [0.5, 0.6) is 0 Å². The van der Waals surface area contributed by atoms with E-state index in [1.54, 1.807) is 0 Å². The molecule has 0 saturated heterocycles. The van der Waals surface area contributed by atoms with Crippen molar-refractivity contribution in [2.45, 2.75) is 6.54 Å². The van der Waals surface area contributed by atoms with Crippen LogP contribution in [0.3, 0.4) is 0 Å². The Hall–Kier alpha value is -3.36. The number of nitrogens with two attached hydrogens (primary N) is 1. The summed E-state index contributed by atoms with van der Waals surface area (Å²) in [6.45, 7) is 0.548. The van der Waals surface area contributed by atoms with Gasteiger partial charge in [-0.25, -0.2) is 0 Å². The Balaban J connectivity index is 1.90. The highest BCUT2D eigenvalue weighted by atomic mass is 15.1. The average Bonchev–Trinajstić information content (AvgIpc) is 2.76. The SMILES string of the molecule is NCc1ccc(N(c2ccccc2)c2ccccc2-c2ccccc2)cc1. The Morgan fingerprint density at radius 3 is 1.78 bits per heavy atom. The average molecular weight is 350 g/mol. The minimum Gasteiger partial charge on any atom is -0.326 e. The van der Waals surface area contributed by atoms with Crippen molar-refractivity contribution in [1.29, 1.82) is 0 Å². The fourth-order valence-electron chi connectivity index (χ4n) is 3.32. The predicted octanol–water partition coefficient (Wildman–Crippen LogP) is 6.28. The fraction of sp³-hybridized carbons (Fsp3) is 0.0400. The van der Waals surface area contributed by atoms with Gasteiger partial charge < -0.3 is 10.6 Å². The molecule has 27 heavy (non-hydrogen) atoms. The van der Waals surface area contributed by atoms with Crippen molar-refractivity contribution in [2.75, 3.05) is 4.90 Å². The van der Waals surface area contributed by atoms with Crippen molar-refractivity contribution in [3.63, 3.8) is 0 Å². The summed E-state index contributed by atoms with van der Waals surface area (Å²) < 4.78 is 0. The van der Waals surface area contributed by atoms with Gasteiger partial charge in [0.1, 0.15) is 0 Å². The van der Waals surface area contributed by atoms with E-state index in [4.69, 9.17) is 5.73 Å². The van der Waals surface area contributed by atoms with E-state index in [0.717, 1.165) is 22.6 Å². The van der Waals surface area contributed by atoms with Crippen LogP contribution in [0.15, 0.2) is 109 Å². The molecular weight excluding hydrogens is 328 g/mol. The molecule has 0 aromatic heterocycles. The maximum Gasteiger partial charge on any atom is 0.0540 e. The number of benzene rings is 4. The molecule has 132 valence electrons. The van der Waals surface area contributed by atoms with Gasteiger partial charge >= 0.3 is 0 Å². The van der Waals surface area contributed by atoms with Gasteiger partial charge in [-0.05, 0) is 41.5 Å². The summed E-state index contributed by atoms with van der Waals surface area (Å²) in [5.41, 5.74) is 12.7. The lowest BCUT2D eigenvalue weighted by Gasteiger charge is -2.28. The van der Waals surface area contributed by atoms with Crippen molar-refractivity contribution in [3.05, 3.63) is 115 Å². The highest BCUT2D eigenvalue weighted by Crippen LogP contribution is 2.40. The van der Waals surface area contributed by atoms with Crippen LogP contribution in [0.4, 0.5) is 17.1 Å². The third kappa shape index (κ3) is 3.62.